The number of hydrogen-bond donors (Lipinski definition) is 1. The SMILES string of the molecule is CC(C)(C)OC(=O)N1CCC[C@@H]2[C@H]1c1ccccc1N[C@H]2C1C=CC=CC1. The van der Waals surface area contributed by atoms with Crippen molar-refractivity contribution in [1.29, 1.82) is 0 Å². The minimum Gasteiger partial charge on any atom is -0.444 e. The lowest BCUT2D eigenvalue weighted by atomic mass is 9.71. The van der Waals surface area contributed by atoms with Crippen LogP contribution in [0, 0.1) is 11.8 Å². The number of para-hydroxylation sites is 1. The van der Waals surface area contributed by atoms with Crippen LogP contribution >= 0.6 is 0 Å². The van der Waals surface area contributed by atoms with E-state index in [0.717, 1.165) is 31.5 Å². The van der Waals surface area contributed by atoms with E-state index in [9.17, 15) is 4.79 Å². The zero-order chi connectivity index (χ0) is 19.0. The molecule has 27 heavy (non-hydrogen) atoms. The number of anilines is 1. The highest BCUT2D eigenvalue weighted by molar-refractivity contribution is 5.70. The number of nitrogens with zero attached hydrogens (tertiary/aromatic N) is 1. The first-order valence-corrected chi connectivity index (χ1v) is 10.1. The highest BCUT2D eigenvalue weighted by atomic mass is 16.6. The van der Waals surface area contributed by atoms with Crippen LogP contribution in [0.4, 0.5) is 10.5 Å². The van der Waals surface area contributed by atoms with Gasteiger partial charge in [0.25, 0.3) is 0 Å². The third-order valence-corrected chi connectivity index (χ3v) is 5.84. The lowest BCUT2D eigenvalue weighted by Gasteiger charge is -2.50. The van der Waals surface area contributed by atoms with E-state index in [4.69, 9.17) is 4.74 Å². The monoisotopic (exact) mass is 366 g/mol. The lowest BCUT2D eigenvalue weighted by Crippen LogP contribution is -2.53. The van der Waals surface area contributed by atoms with Crippen LogP contribution < -0.4 is 5.32 Å². The number of amides is 1. The Balaban J connectivity index is 1.70. The van der Waals surface area contributed by atoms with Gasteiger partial charge in [-0.25, -0.2) is 4.79 Å². The number of carbonyl (C=O) groups is 1. The van der Waals surface area contributed by atoms with Crippen molar-refractivity contribution >= 4 is 11.8 Å². The molecule has 2 aliphatic heterocycles. The Kier molecular flexibility index (Phi) is 4.75. The predicted molar refractivity (Wildman–Crippen MR) is 109 cm³/mol. The van der Waals surface area contributed by atoms with Crippen molar-refractivity contribution in [2.45, 2.75) is 57.7 Å². The van der Waals surface area contributed by atoms with E-state index in [1.807, 2.05) is 25.7 Å². The van der Waals surface area contributed by atoms with E-state index in [0.29, 0.717) is 17.9 Å². The second-order valence-electron chi connectivity index (χ2n) is 8.89. The zero-order valence-electron chi connectivity index (χ0n) is 16.5. The number of likely N-dealkylation sites (tertiary alicyclic amines) is 1. The summed E-state index contributed by atoms with van der Waals surface area (Å²) in [5.74, 6) is 0.844. The molecule has 0 aromatic heterocycles. The summed E-state index contributed by atoms with van der Waals surface area (Å²) >= 11 is 0. The number of nitrogens with one attached hydrogen (secondary N) is 1. The Morgan fingerprint density at radius 2 is 2.04 bits per heavy atom. The standard InChI is InChI=1S/C23H30N2O2/c1-23(2,3)27-22(26)25-15-9-13-18-20(16-10-5-4-6-11-16)24-19-14-8-7-12-17(19)21(18)25/h4-8,10,12,14,16,18,20-21,24H,9,11,13,15H2,1-3H3/t16?,18-,20-,21+/m0/s1. The van der Waals surface area contributed by atoms with Crippen LogP contribution in [-0.2, 0) is 4.74 Å². The minimum absolute atomic E-state index is 0.0790. The Morgan fingerprint density at radius 1 is 1.22 bits per heavy atom. The largest absolute Gasteiger partial charge is 0.444 e. The highest BCUT2D eigenvalue weighted by Crippen LogP contribution is 2.48. The van der Waals surface area contributed by atoms with Crippen molar-refractivity contribution in [1.82, 2.24) is 4.90 Å². The third-order valence-electron chi connectivity index (χ3n) is 5.84. The maximum absolute atomic E-state index is 13.0. The van der Waals surface area contributed by atoms with Gasteiger partial charge in [-0.15, -0.1) is 0 Å². The summed E-state index contributed by atoms with van der Waals surface area (Å²) in [5.41, 5.74) is 1.90. The fourth-order valence-electron chi connectivity index (χ4n) is 4.79. The molecule has 4 nitrogen and oxygen atoms in total. The summed E-state index contributed by atoms with van der Waals surface area (Å²) in [5, 5.41) is 3.81. The van der Waals surface area contributed by atoms with Gasteiger partial charge in [-0.2, -0.15) is 0 Å². The zero-order valence-corrected chi connectivity index (χ0v) is 16.5. The highest BCUT2D eigenvalue weighted by Gasteiger charge is 2.46. The Bertz CT molecular complexity index is 762. The first kappa shape index (κ1) is 18.1. The molecule has 0 bridgehead atoms. The van der Waals surface area contributed by atoms with Crippen LogP contribution in [0.5, 0.6) is 0 Å². The summed E-state index contributed by atoms with van der Waals surface area (Å²) < 4.78 is 5.76. The molecule has 4 heteroatoms. The third kappa shape index (κ3) is 3.62. The summed E-state index contributed by atoms with van der Waals surface area (Å²) in [6.45, 7) is 6.57. The van der Waals surface area contributed by atoms with Crippen molar-refractivity contribution in [3.63, 3.8) is 0 Å². The topological polar surface area (TPSA) is 41.6 Å². The van der Waals surface area contributed by atoms with Crippen LogP contribution in [0.3, 0.4) is 0 Å². The summed E-state index contributed by atoms with van der Waals surface area (Å²) in [4.78, 5) is 15.0. The van der Waals surface area contributed by atoms with Gasteiger partial charge in [-0.1, -0.05) is 42.5 Å². The normalized spacial score (nSPS) is 29.5. The fraction of sp³-hybridized carbons (Fsp3) is 0.522. The van der Waals surface area contributed by atoms with Gasteiger partial charge in [0.05, 0.1) is 6.04 Å². The number of ether oxygens (including phenoxy) is 1. The van der Waals surface area contributed by atoms with E-state index >= 15 is 0 Å². The van der Waals surface area contributed by atoms with Gasteiger partial charge in [-0.3, -0.25) is 0 Å². The average molecular weight is 367 g/mol. The number of carbonyl (C=O) groups excluding carboxylic acids is 1. The molecule has 1 N–H and O–H groups in total. The molecule has 3 aliphatic rings. The van der Waals surface area contributed by atoms with Gasteiger partial charge in [0.2, 0.25) is 0 Å². The molecule has 1 fully saturated rings. The molecule has 4 atom stereocenters. The fourth-order valence-corrected chi connectivity index (χ4v) is 4.79. The van der Waals surface area contributed by atoms with Gasteiger partial charge >= 0.3 is 6.09 Å². The van der Waals surface area contributed by atoms with Crippen LogP contribution in [0.25, 0.3) is 0 Å². The van der Waals surface area contributed by atoms with Crippen molar-refractivity contribution in [3.05, 3.63) is 54.1 Å². The van der Waals surface area contributed by atoms with E-state index in [1.54, 1.807) is 0 Å². The van der Waals surface area contributed by atoms with Crippen LogP contribution in [0.2, 0.25) is 0 Å². The number of piperidine rings is 1. The Hall–Kier alpha value is -2.23. The smallest absolute Gasteiger partial charge is 0.410 e. The second kappa shape index (κ2) is 7.06. The predicted octanol–water partition coefficient (Wildman–Crippen LogP) is 5.30. The minimum atomic E-state index is -0.479. The first-order valence-electron chi connectivity index (χ1n) is 10.1. The van der Waals surface area contributed by atoms with E-state index < -0.39 is 5.60 Å². The maximum Gasteiger partial charge on any atom is 0.410 e. The van der Waals surface area contributed by atoms with Crippen molar-refractivity contribution < 1.29 is 9.53 Å². The summed E-state index contributed by atoms with van der Waals surface area (Å²) in [7, 11) is 0. The molecule has 2 heterocycles. The molecule has 144 valence electrons. The Labute approximate surface area is 162 Å². The number of rotatable bonds is 1. The average Bonchev–Trinajstić information content (AvgIpc) is 2.66. The van der Waals surface area contributed by atoms with Gasteiger partial charge in [0.1, 0.15) is 5.60 Å². The molecule has 1 aliphatic carbocycles. The number of allylic oxidation sites excluding steroid dienone is 3. The number of benzene rings is 1. The second-order valence-corrected chi connectivity index (χ2v) is 8.89. The Morgan fingerprint density at radius 3 is 2.78 bits per heavy atom. The quantitative estimate of drug-likeness (QED) is 0.733. The molecule has 1 aromatic rings. The van der Waals surface area contributed by atoms with Crippen LogP contribution in [-0.4, -0.2) is 29.2 Å². The molecular formula is C23H30N2O2. The molecule has 0 spiro atoms. The molecule has 1 amide bonds. The summed E-state index contributed by atoms with van der Waals surface area (Å²) in [6.07, 6.45) is 11.8. The molecule has 1 unspecified atom stereocenters. The lowest BCUT2D eigenvalue weighted by molar-refractivity contribution is -0.00524. The van der Waals surface area contributed by atoms with Crippen molar-refractivity contribution in [2.24, 2.45) is 11.8 Å². The number of hydrogen-bond acceptors (Lipinski definition) is 3. The van der Waals surface area contributed by atoms with E-state index in [1.165, 1.54) is 5.56 Å². The van der Waals surface area contributed by atoms with Gasteiger partial charge in [0, 0.05) is 30.1 Å². The molecule has 0 saturated carbocycles. The molecule has 0 radical (unpaired) electrons. The maximum atomic E-state index is 13.0. The van der Waals surface area contributed by atoms with Gasteiger partial charge in [0.15, 0.2) is 0 Å². The summed E-state index contributed by atoms with van der Waals surface area (Å²) in [6, 6.07) is 8.86. The van der Waals surface area contributed by atoms with Crippen LogP contribution in [0.1, 0.15) is 51.6 Å². The molecule has 1 aromatic carbocycles. The van der Waals surface area contributed by atoms with Gasteiger partial charge < -0.3 is 15.0 Å². The molecular weight excluding hydrogens is 336 g/mol. The molecule has 1 saturated heterocycles. The van der Waals surface area contributed by atoms with E-state index in [2.05, 4.69) is 53.9 Å². The first-order chi connectivity index (χ1) is 12.9. The number of fused-ring (bicyclic) bond motifs is 3. The van der Waals surface area contributed by atoms with Crippen molar-refractivity contribution in [2.75, 3.05) is 11.9 Å². The van der Waals surface area contributed by atoms with Crippen LogP contribution in [0.15, 0.2) is 48.6 Å². The van der Waals surface area contributed by atoms with Crippen molar-refractivity contribution in [3.8, 4) is 0 Å². The van der Waals surface area contributed by atoms with E-state index in [-0.39, 0.29) is 12.1 Å². The molecule has 4 rings (SSSR count). The van der Waals surface area contributed by atoms with Gasteiger partial charge in [-0.05, 0) is 51.7 Å².